The maximum atomic E-state index is 13.8. The van der Waals surface area contributed by atoms with Crippen LogP contribution in [-0.4, -0.2) is 11.0 Å². The number of nitrogens with two attached hydrogens (primary N) is 1. The molecule has 19 heavy (non-hydrogen) atoms. The van der Waals surface area contributed by atoms with Gasteiger partial charge in [0, 0.05) is 17.3 Å². The highest BCUT2D eigenvalue weighted by Gasteiger charge is 2.23. The van der Waals surface area contributed by atoms with Gasteiger partial charge in [-0.2, -0.15) is 0 Å². The number of nitrogens with one attached hydrogen (secondary N) is 1. The average molecular weight is 280 g/mol. The largest absolute Gasteiger partial charge is 0.389 e. The fourth-order valence-corrected chi connectivity index (χ4v) is 3.07. The molecule has 0 spiro atoms. The van der Waals surface area contributed by atoms with Gasteiger partial charge in [0.2, 0.25) is 0 Å². The predicted octanol–water partition coefficient (Wildman–Crippen LogP) is 3.84. The van der Waals surface area contributed by atoms with Gasteiger partial charge in [0.15, 0.2) is 0 Å². The Bertz CT molecular complexity index is 461. The first kappa shape index (κ1) is 14.3. The van der Waals surface area contributed by atoms with Gasteiger partial charge >= 0.3 is 0 Å². The Labute approximate surface area is 119 Å². The maximum Gasteiger partial charge on any atom is 0.135 e. The van der Waals surface area contributed by atoms with Gasteiger partial charge in [-0.3, -0.25) is 0 Å². The van der Waals surface area contributed by atoms with Gasteiger partial charge in [-0.05, 0) is 37.0 Å². The molecule has 1 aliphatic carbocycles. The van der Waals surface area contributed by atoms with Crippen molar-refractivity contribution in [3.05, 3.63) is 29.6 Å². The Morgan fingerprint density at radius 1 is 1.42 bits per heavy atom. The molecule has 0 radical (unpaired) electrons. The van der Waals surface area contributed by atoms with Crippen LogP contribution in [-0.2, 0) is 0 Å². The van der Waals surface area contributed by atoms with E-state index in [1.165, 1.54) is 31.7 Å². The summed E-state index contributed by atoms with van der Waals surface area (Å²) in [6, 6.07) is 5.47. The lowest BCUT2D eigenvalue weighted by Gasteiger charge is -2.32. The monoisotopic (exact) mass is 280 g/mol. The Balaban J connectivity index is 2.10. The van der Waals surface area contributed by atoms with Crippen LogP contribution in [0.15, 0.2) is 18.2 Å². The molecule has 2 atom stereocenters. The van der Waals surface area contributed by atoms with Gasteiger partial charge in [-0.25, -0.2) is 4.39 Å². The summed E-state index contributed by atoms with van der Waals surface area (Å²) in [6.45, 7) is 2.22. The first-order valence-corrected chi connectivity index (χ1v) is 7.38. The topological polar surface area (TPSA) is 38.0 Å². The Kier molecular flexibility index (Phi) is 4.75. The van der Waals surface area contributed by atoms with E-state index in [4.69, 9.17) is 18.0 Å². The van der Waals surface area contributed by atoms with Gasteiger partial charge in [-0.1, -0.05) is 38.4 Å². The predicted molar refractivity (Wildman–Crippen MR) is 81.9 cm³/mol. The molecule has 0 bridgehead atoms. The van der Waals surface area contributed by atoms with E-state index in [0.717, 1.165) is 12.1 Å². The number of hydrogen-bond donors (Lipinski definition) is 2. The highest BCUT2D eigenvalue weighted by Crippen LogP contribution is 2.29. The van der Waals surface area contributed by atoms with E-state index >= 15 is 0 Å². The minimum Gasteiger partial charge on any atom is -0.389 e. The summed E-state index contributed by atoms with van der Waals surface area (Å²) in [5.74, 6) is 0.341. The van der Waals surface area contributed by atoms with Crippen molar-refractivity contribution < 1.29 is 4.39 Å². The second-order valence-corrected chi connectivity index (χ2v) is 5.70. The van der Waals surface area contributed by atoms with Crippen molar-refractivity contribution in [3.63, 3.8) is 0 Å². The van der Waals surface area contributed by atoms with Crippen LogP contribution in [0.1, 0.15) is 44.6 Å². The number of rotatable bonds is 4. The zero-order chi connectivity index (χ0) is 13.8. The molecule has 1 saturated carbocycles. The van der Waals surface area contributed by atoms with Crippen LogP contribution in [0.4, 0.5) is 10.1 Å². The molecule has 0 heterocycles. The second-order valence-electron chi connectivity index (χ2n) is 5.26. The Hall–Kier alpha value is -1.16. The molecule has 2 nitrogen and oxygen atoms in total. The van der Waals surface area contributed by atoms with Crippen LogP contribution in [0.3, 0.4) is 0 Å². The highest BCUT2D eigenvalue weighted by atomic mass is 32.1. The normalized spacial score (nSPS) is 23.1. The number of halogens is 1. The zero-order valence-corrected chi connectivity index (χ0v) is 12.1. The minimum absolute atomic E-state index is 0.105. The summed E-state index contributed by atoms with van der Waals surface area (Å²) < 4.78 is 13.8. The van der Waals surface area contributed by atoms with Gasteiger partial charge < -0.3 is 11.1 Å². The number of anilines is 1. The first-order chi connectivity index (χ1) is 9.11. The fraction of sp³-hybridized carbons (Fsp3) is 0.533. The average Bonchev–Trinajstić information content (AvgIpc) is 2.39. The summed E-state index contributed by atoms with van der Waals surface area (Å²) in [7, 11) is 0. The summed E-state index contributed by atoms with van der Waals surface area (Å²) in [5, 5.41) is 3.46. The molecular formula is C15H21FN2S. The lowest BCUT2D eigenvalue weighted by atomic mass is 9.83. The first-order valence-electron chi connectivity index (χ1n) is 6.97. The van der Waals surface area contributed by atoms with Crippen LogP contribution in [0.25, 0.3) is 0 Å². The Morgan fingerprint density at radius 2 is 2.16 bits per heavy atom. The molecule has 0 aliphatic heterocycles. The lowest BCUT2D eigenvalue weighted by Crippen LogP contribution is -2.31. The van der Waals surface area contributed by atoms with Gasteiger partial charge in [0.25, 0.3) is 0 Å². The van der Waals surface area contributed by atoms with Crippen molar-refractivity contribution in [1.82, 2.24) is 0 Å². The zero-order valence-electron chi connectivity index (χ0n) is 11.3. The van der Waals surface area contributed by atoms with Crippen molar-refractivity contribution in [2.24, 2.45) is 11.7 Å². The molecule has 0 saturated heterocycles. The minimum atomic E-state index is -0.346. The van der Waals surface area contributed by atoms with Gasteiger partial charge in [0.05, 0.1) is 0 Å². The quantitative estimate of drug-likeness (QED) is 0.823. The molecule has 4 heteroatoms. The summed E-state index contributed by atoms with van der Waals surface area (Å²) in [5.41, 5.74) is 6.60. The summed E-state index contributed by atoms with van der Waals surface area (Å²) in [6.07, 6.45) is 6.16. The Morgan fingerprint density at radius 3 is 2.79 bits per heavy atom. The fourth-order valence-electron chi connectivity index (χ4n) is 2.91. The van der Waals surface area contributed by atoms with Crippen LogP contribution in [0.2, 0.25) is 0 Å². The third-order valence-electron chi connectivity index (χ3n) is 4.02. The standard InChI is InChI=1S/C15H21FN2S/c1-2-10-5-3-4-6-14(10)18-11-7-8-12(15(17)19)13(16)9-11/h7-10,14,18H,2-6H2,1H3,(H2,17,19). The van der Waals surface area contributed by atoms with E-state index in [2.05, 4.69) is 12.2 Å². The van der Waals surface area contributed by atoms with Crippen molar-refractivity contribution in [2.45, 2.75) is 45.1 Å². The molecule has 0 amide bonds. The van der Waals surface area contributed by atoms with Crippen molar-refractivity contribution in [3.8, 4) is 0 Å². The van der Waals surface area contributed by atoms with Crippen molar-refractivity contribution in [1.29, 1.82) is 0 Å². The van der Waals surface area contributed by atoms with E-state index < -0.39 is 0 Å². The molecule has 1 aromatic carbocycles. The van der Waals surface area contributed by atoms with Gasteiger partial charge in [0.1, 0.15) is 10.8 Å². The van der Waals surface area contributed by atoms with E-state index in [0.29, 0.717) is 17.5 Å². The lowest BCUT2D eigenvalue weighted by molar-refractivity contribution is 0.317. The number of benzene rings is 1. The molecule has 1 fully saturated rings. The van der Waals surface area contributed by atoms with Crippen LogP contribution >= 0.6 is 12.2 Å². The van der Waals surface area contributed by atoms with Crippen molar-refractivity contribution >= 4 is 22.9 Å². The molecule has 2 rings (SSSR count). The van der Waals surface area contributed by atoms with E-state index in [1.54, 1.807) is 6.07 Å². The summed E-state index contributed by atoms with van der Waals surface area (Å²) >= 11 is 4.81. The third kappa shape index (κ3) is 3.44. The molecule has 1 aliphatic rings. The maximum absolute atomic E-state index is 13.8. The number of hydrogen-bond acceptors (Lipinski definition) is 2. The highest BCUT2D eigenvalue weighted by molar-refractivity contribution is 7.80. The molecular weight excluding hydrogens is 259 g/mol. The van der Waals surface area contributed by atoms with E-state index in [9.17, 15) is 4.39 Å². The van der Waals surface area contributed by atoms with Crippen LogP contribution in [0.5, 0.6) is 0 Å². The van der Waals surface area contributed by atoms with Crippen molar-refractivity contribution in [2.75, 3.05) is 5.32 Å². The molecule has 3 N–H and O–H groups in total. The van der Waals surface area contributed by atoms with E-state index in [1.807, 2.05) is 6.07 Å². The van der Waals surface area contributed by atoms with E-state index in [-0.39, 0.29) is 10.8 Å². The molecule has 0 aromatic heterocycles. The summed E-state index contributed by atoms with van der Waals surface area (Å²) in [4.78, 5) is 0.105. The molecule has 104 valence electrons. The second kappa shape index (κ2) is 6.33. The van der Waals surface area contributed by atoms with Crippen LogP contribution in [0, 0.1) is 11.7 Å². The number of thiocarbonyl (C=S) groups is 1. The SMILES string of the molecule is CCC1CCCCC1Nc1ccc(C(N)=S)c(F)c1. The smallest absolute Gasteiger partial charge is 0.135 e. The molecule has 2 unspecified atom stereocenters. The third-order valence-corrected chi connectivity index (χ3v) is 4.24. The van der Waals surface area contributed by atoms with Gasteiger partial charge in [-0.15, -0.1) is 0 Å². The molecule has 1 aromatic rings. The van der Waals surface area contributed by atoms with Crippen LogP contribution < -0.4 is 11.1 Å².